The maximum absolute atomic E-state index is 14.0. The van der Waals surface area contributed by atoms with Crippen molar-refractivity contribution in [3.05, 3.63) is 53.8 Å². The molecule has 0 aliphatic carbocycles. The van der Waals surface area contributed by atoms with Crippen molar-refractivity contribution in [1.29, 1.82) is 0 Å². The van der Waals surface area contributed by atoms with Crippen LogP contribution in [-0.4, -0.2) is 43.1 Å². The van der Waals surface area contributed by atoms with Gasteiger partial charge in [-0.1, -0.05) is 0 Å². The summed E-state index contributed by atoms with van der Waals surface area (Å²) in [5, 5.41) is 0.525. The van der Waals surface area contributed by atoms with Crippen LogP contribution in [-0.2, 0) is 0 Å². The number of halogens is 1. The second-order valence-corrected chi connectivity index (χ2v) is 7.14. The quantitative estimate of drug-likeness (QED) is 0.645. The second-order valence-electron chi connectivity index (χ2n) is 7.14. The predicted octanol–water partition coefficient (Wildman–Crippen LogP) is 4.68. The first kappa shape index (κ1) is 19.2. The van der Waals surface area contributed by atoms with Gasteiger partial charge < -0.3 is 14.4 Å². The number of likely N-dealkylation sites (tertiary alicyclic amines) is 1. The van der Waals surface area contributed by atoms with Crippen LogP contribution < -0.4 is 9.47 Å². The second kappa shape index (κ2) is 8.07. The highest BCUT2D eigenvalue weighted by molar-refractivity contribution is 6.07. The zero-order valence-corrected chi connectivity index (χ0v) is 16.6. The molecule has 1 aliphatic heterocycles. The average Bonchev–Trinajstić information content (AvgIpc) is 2.78. The molecule has 4 rings (SSSR count). The number of hydrogen-bond donors (Lipinski definition) is 0. The highest BCUT2D eigenvalue weighted by atomic mass is 19.1. The molecule has 0 bridgehead atoms. The van der Waals surface area contributed by atoms with Crippen LogP contribution in [0.25, 0.3) is 22.2 Å². The average molecular weight is 394 g/mol. The van der Waals surface area contributed by atoms with Crippen molar-refractivity contribution in [3.8, 4) is 22.8 Å². The van der Waals surface area contributed by atoms with Crippen LogP contribution in [0, 0.1) is 5.82 Å². The van der Waals surface area contributed by atoms with Gasteiger partial charge in [-0.15, -0.1) is 0 Å². The fourth-order valence-corrected chi connectivity index (χ4v) is 3.79. The molecule has 0 radical (unpaired) electrons. The number of benzene rings is 2. The topological polar surface area (TPSA) is 51.7 Å². The number of aromatic nitrogens is 1. The first-order valence-corrected chi connectivity index (χ1v) is 9.72. The molecule has 150 valence electrons. The lowest BCUT2D eigenvalue weighted by Gasteiger charge is -2.27. The third kappa shape index (κ3) is 3.75. The largest absolute Gasteiger partial charge is 0.497 e. The normalized spacial score (nSPS) is 14.1. The first-order chi connectivity index (χ1) is 14.1. The summed E-state index contributed by atoms with van der Waals surface area (Å²) in [4.78, 5) is 19.8. The zero-order valence-electron chi connectivity index (χ0n) is 16.6. The van der Waals surface area contributed by atoms with Crippen LogP contribution in [0.2, 0.25) is 0 Å². The summed E-state index contributed by atoms with van der Waals surface area (Å²) in [6.07, 6.45) is 3.11. The van der Waals surface area contributed by atoms with Crippen molar-refractivity contribution in [2.24, 2.45) is 0 Å². The van der Waals surface area contributed by atoms with Crippen LogP contribution in [0.4, 0.5) is 4.39 Å². The summed E-state index contributed by atoms with van der Waals surface area (Å²) in [6, 6.07) is 11.5. The molecule has 1 fully saturated rings. The Labute approximate surface area is 169 Å². The molecule has 1 amide bonds. The van der Waals surface area contributed by atoms with Crippen LogP contribution >= 0.6 is 0 Å². The van der Waals surface area contributed by atoms with E-state index in [2.05, 4.69) is 4.98 Å². The van der Waals surface area contributed by atoms with E-state index in [1.165, 1.54) is 12.1 Å². The van der Waals surface area contributed by atoms with E-state index in [1.807, 2.05) is 17.0 Å². The number of carbonyl (C=O) groups is 1. The van der Waals surface area contributed by atoms with Crippen molar-refractivity contribution in [2.75, 3.05) is 27.3 Å². The summed E-state index contributed by atoms with van der Waals surface area (Å²) in [5.41, 5.74) is 2.38. The van der Waals surface area contributed by atoms with Gasteiger partial charge in [0.25, 0.3) is 5.91 Å². The fourth-order valence-electron chi connectivity index (χ4n) is 3.79. The molecule has 1 aliphatic rings. The molecule has 5 nitrogen and oxygen atoms in total. The standard InChI is InChI=1S/C23H23FN2O3/c1-28-16-7-8-17(22(13-16)29-2)21-14-19(23(27)26-10-4-3-5-11-26)18-12-15(24)6-9-20(18)25-21/h6-9,12-14H,3-5,10-11H2,1-2H3. The van der Waals surface area contributed by atoms with E-state index < -0.39 is 0 Å². The van der Waals surface area contributed by atoms with E-state index in [0.29, 0.717) is 33.7 Å². The Kier molecular flexibility index (Phi) is 5.34. The van der Waals surface area contributed by atoms with Crippen molar-refractivity contribution in [3.63, 3.8) is 0 Å². The summed E-state index contributed by atoms with van der Waals surface area (Å²) in [5.74, 6) is 0.783. The van der Waals surface area contributed by atoms with Gasteiger partial charge in [-0.05, 0) is 55.7 Å². The zero-order chi connectivity index (χ0) is 20.4. The van der Waals surface area contributed by atoms with Gasteiger partial charge in [0, 0.05) is 30.1 Å². The van der Waals surface area contributed by atoms with Crippen molar-refractivity contribution in [2.45, 2.75) is 19.3 Å². The SMILES string of the molecule is COc1ccc(-c2cc(C(=O)N3CCCCC3)c3cc(F)ccc3n2)c(OC)c1. The molecule has 0 N–H and O–H groups in total. The fraction of sp³-hybridized carbons (Fsp3) is 0.304. The van der Waals surface area contributed by atoms with Gasteiger partial charge in [0.05, 0.1) is 31.0 Å². The number of hydrogen-bond acceptors (Lipinski definition) is 4. The number of carbonyl (C=O) groups excluding carboxylic acids is 1. The van der Waals surface area contributed by atoms with Gasteiger partial charge >= 0.3 is 0 Å². The Morgan fingerprint density at radius 1 is 1.00 bits per heavy atom. The molecule has 29 heavy (non-hydrogen) atoms. The summed E-state index contributed by atoms with van der Waals surface area (Å²) in [6.45, 7) is 1.44. The number of methoxy groups -OCH3 is 2. The smallest absolute Gasteiger partial charge is 0.254 e. The third-order valence-corrected chi connectivity index (χ3v) is 5.33. The lowest BCUT2D eigenvalue weighted by molar-refractivity contribution is 0.0726. The van der Waals surface area contributed by atoms with Crippen LogP contribution in [0.3, 0.4) is 0 Å². The number of pyridine rings is 1. The predicted molar refractivity (Wildman–Crippen MR) is 110 cm³/mol. The van der Waals surface area contributed by atoms with Gasteiger partial charge in [-0.3, -0.25) is 4.79 Å². The van der Waals surface area contributed by atoms with Crippen molar-refractivity contribution >= 4 is 16.8 Å². The lowest BCUT2D eigenvalue weighted by Crippen LogP contribution is -2.35. The molecule has 2 aromatic carbocycles. The van der Waals surface area contributed by atoms with Crippen LogP contribution in [0.15, 0.2) is 42.5 Å². The molecule has 0 saturated carbocycles. The Morgan fingerprint density at radius 3 is 2.52 bits per heavy atom. The molecule has 6 heteroatoms. The number of nitrogens with zero attached hydrogens (tertiary/aromatic N) is 2. The molecular weight excluding hydrogens is 371 g/mol. The maximum Gasteiger partial charge on any atom is 0.254 e. The lowest BCUT2D eigenvalue weighted by atomic mass is 10.0. The molecule has 0 unspecified atom stereocenters. The van der Waals surface area contributed by atoms with Gasteiger partial charge in [-0.2, -0.15) is 0 Å². The minimum atomic E-state index is -0.387. The molecule has 0 atom stereocenters. The van der Waals surface area contributed by atoms with Gasteiger partial charge in [0.1, 0.15) is 17.3 Å². The molecule has 1 aromatic heterocycles. The van der Waals surface area contributed by atoms with E-state index in [4.69, 9.17) is 9.47 Å². The molecule has 1 saturated heterocycles. The van der Waals surface area contributed by atoms with E-state index in [0.717, 1.165) is 37.9 Å². The van der Waals surface area contributed by atoms with Gasteiger partial charge in [0.15, 0.2) is 0 Å². The van der Waals surface area contributed by atoms with E-state index in [1.54, 1.807) is 32.4 Å². The molecule has 0 spiro atoms. The molecule has 3 aromatic rings. The number of ether oxygens (including phenoxy) is 2. The summed E-state index contributed by atoms with van der Waals surface area (Å²) < 4.78 is 24.7. The first-order valence-electron chi connectivity index (χ1n) is 9.72. The summed E-state index contributed by atoms with van der Waals surface area (Å²) in [7, 11) is 3.17. The molecule has 2 heterocycles. The number of piperidine rings is 1. The minimum absolute atomic E-state index is 0.0866. The Hall–Kier alpha value is -3.15. The van der Waals surface area contributed by atoms with E-state index in [-0.39, 0.29) is 11.7 Å². The van der Waals surface area contributed by atoms with E-state index in [9.17, 15) is 9.18 Å². The maximum atomic E-state index is 14.0. The number of fused-ring (bicyclic) bond motifs is 1. The highest BCUT2D eigenvalue weighted by Crippen LogP contribution is 2.35. The van der Waals surface area contributed by atoms with E-state index >= 15 is 0 Å². The van der Waals surface area contributed by atoms with Crippen LogP contribution in [0.5, 0.6) is 11.5 Å². The molecular formula is C23H23FN2O3. The van der Waals surface area contributed by atoms with Gasteiger partial charge in [0.2, 0.25) is 0 Å². The third-order valence-electron chi connectivity index (χ3n) is 5.33. The highest BCUT2D eigenvalue weighted by Gasteiger charge is 2.22. The Balaban J connectivity index is 1.88. The van der Waals surface area contributed by atoms with Crippen LogP contribution in [0.1, 0.15) is 29.6 Å². The summed E-state index contributed by atoms with van der Waals surface area (Å²) >= 11 is 0. The Bertz CT molecular complexity index is 1060. The number of amides is 1. The van der Waals surface area contributed by atoms with Crippen molar-refractivity contribution in [1.82, 2.24) is 9.88 Å². The monoisotopic (exact) mass is 394 g/mol. The Morgan fingerprint density at radius 2 is 1.79 bits per heavy atom. The minimum Gasteiger partial charge on any atom is -0.497 e. The van der Waals surface area contributed by atoms with Crippen molar-refractivity contribution < 1.29 is 18.7 Å². The number of rotatable bonds is 4. The van der Waals surface area contributed by atoms with Gasteiger partial charge in [-0.25, -0.2) is 9.37 Å².